The summed E-state index contributed by atoms with van der Waals surface area (Å²) in [7, 11) is 3.55. The zero-order valence-corrected chi connectivity index (χ0v) is 21.3. The third kappa shape index (κ3) is 3.86. The first-order chi connectivity index (χ1) is 17.4. The monoisotopic (exact) mass is 519 g/mol. The molecule has 4 aromatic heterocycles. The van der Waals surface area contributed by atoms with E-state index in [9.17, 15) is 4.79 Å². The molecule has 182 valence electrons. The molecule has 0 saturated carbocycles. The number of hydrogen-bond donors (Lipinski definition) is 0. The molecule has 8 nitrogen and oxygen atoms in total. The Hall–Kier alpha value is -3.62. The Morgan fingerprint density at radius 3 is 2.67 bits per heavy atom. The summed E-state index contributed by atoms with van der Waals surface area (Å²) >= 11 is 12.9. The van der Waals surface area contributed by atoms with Gasteiger partial charge < -0.3 is 14.2 Å². The van der Waals surface area contributed by atoms with Crippen LogP contribution in [-0.2, 0) is 0 Å². The maximum Gasteiger partial charge on any atom is 0.319 e. The van der Waals surface area contributed by atoms with Crippen molar-refractivity contribution < 1.29 is 4.79 Å². The molecule has 6 rings (SSSR count). The second-order valence-electron chi connectivity index (χ2n) is 9.20. The van der Waals surface area contributed by atoms with Crippen LogP contribution in [0.2, 0.25) is 10.0 Å². The number of nitrogens with zero attached hydrogens (tertiary/aromatic N) is 7. The van der Waals surface area contributed by atoms with Crippen LogP contribution in [-0.4, -0.2) is 67.2 Å². The van der Waals surface area contributed by atoms with Crippen molar-refractivity contribution in [2.75, 3.05) is 27.2 Å². The predicted octanol–water partition coefficient (Wildman–Crippen LogP) is 5.65. The maximum atomic E-state index is 12.3. The molecular formula is C26H23Cl2N7O. The first kappa shape index (κ1) is 22.8. The molecule has 1 aliphatic heterocycles. The molecule has 1 aromatic carbocycles. The average molecular weight is 520 g/mol. The minimum atomic E-state index is 0.0322. The lowest BCUT2D eigenvalue weighted by Gasteiger charge is -2.21. The summed E-state index contributed by atoms with van der Waals surface area (Å²) in [5, 5.41) is 6.63. The van der Waals surface area contributed by atoms with E-state index in [-0.39, 0.29) is 12.1 Å². The van der Waals surface area contributed by atoms with Crippen molar-refractivity contribution in [1.29, 1.82) is 0 Å². The molecule has 1 aliphatic rings. The fourth-order valence-corrected chi connectivity index (χ4v) is 5.36. The molecule has 0 radical (unpaired) electrons. The number of aromatic nitrogens is 5. The van der Waals surface area contributed by atoms with E-state index in [2.05, 4.69) is 16.1 Å². The molecule has 5 aromatic rings. The normalized spacial score (nSPS) is 15.8. The molecule has 0 N–H and O–H groups in total. The van der Waals surface area contributed by atoms with Crippen molar-refractivity contribution in [2.24, 2.45) is 0 Å². The van der Waals surface area contributed by atoms with Crippen LogP contribution in [0.5, 0.6) is 0 Å². The highest BCUT2D eigenvalue weighted by atomic mass is 35.5. The Bertz CT molecular complexity index is 1600. The van der Waals surface area contributed by atoms with E-state index in [0.29, 0.717) is 27.8 Å². The van der Waals surface area contributed by atoms with E-state index in [1.807, 2.05) is 69.2 Å². The lowest BCUT2D eigenvalue weighted by molar-refractivity contribution is 0.180. The van der Waals surface area contributed by atoms with Crippen molar-refractivity contribution in [2.45, 2.75) is 12.5 Å². The Balaban J connectivity index is 1.35. The summed E-state index contributed by atoms with van der Waals surface area (Å²) in [6.07, 6.45) is 10.5. The number of amides is 2. The van der Waals surface area contributed by atoms with Crippen LogP contribution in [0.4, 0.5) is 4.79 Å². The van der Waals surface area contributed by atoms with Crippen LogP contribution >= 0.6 is 23.2 Å². The number of carbonyl (C=O) groups is 1. The highest BCUT2D eigenvalue weighted by Crippen LogP contribution is 2.35. The van der Waals surface area contributed by atoms with Gasteiger partial charge in [-0.25, -0.2) is 9.78 Å². The fourth-order valence-electron chi connectivity index (χ4n) is 4.77. The van der Waals surface area contributed by atoms with E-state index in [4.69, 9.17) is 28.2 Å². The number of benzene rings is 1. The summed E-state index contributed by atoms with van der Waals surface area (Å²) < 4.78 is 3.91. The van der Waals surface area contributed by atoms with Gasteiger partial charge in [-0.2, -0.15) is 5.10 Å². The van der Waals surface area contributed by atoms with Crippen LogP contribution < -0.4 is 0 Å². The number of fused-ring (bicyclic) bond motifs is 3. The van der Waals surface area contributed by atoms with Crippen LogP contribution in [0.25, 0.3) is 38.9 Å². The van der Waals surface area contributed by atoms with Crippen molar-refractivity contribution in [1.82, 2.24) is 33.9 Å². The quantitative estimate of drug-likeness (QED) is 0.308. The molecular weight excluding hydrogens is 497 g/mol. The van der Waals surface area contributed by atoms with Crippen LogP contribution in [0, 0.1) is 0 Å². The zero-order chi connectivity index (χ0) is 25.0. The maximum absolute atomic E-state index is 12.3. The van der Waals surface area contributed by atoms with E-state index >= 15 is 0 Å². The molecule has 0 spiro atoms. The smallest absolute Gasteiger partial charge is 0.319 e. The van der Waals surface area contributed by atoms with Gasteiger partial charge in [-0.3, -0.25) is 9.67 Å². The number of imidazole rings is 1. The summed E-state index contributed by atoms with van der Waals surface area (Å²) in [5.74, 6) is 0. The molecule has 0 aliphatic carbocycles. The van der Waals surface area contributed by atoms with Crippen molar-refractivity contribution in [3.8, 4) is 22.4 Å². The van der Waals surface area contributed by atoms with E-state index in [1.54, 1.807) is 19.0 Å². The Morgan fingerprint density at radius 1 is 1.08 bits per heavy atom. The van der Waals surface area contributed by atoms with E-state index < -0.39 is 0 Å². The Labute approximate surface area is 217 Å². The lowest BCUT2D eigenvalue weighted by atomic mass is 10.1. The largest absolute Gasteiger partial charge is 0.331 e. The topological polar surface area (TPSA) is 71.6 Å². The number of rotatable bonds is 3. The number of urea groups is 1. The number of halogens is 2. The molecule has 10 heteroatoms. The van der Waals surface area contributed by atoms with Gasteiger partial charge in [-0.05, 0) is 30.7 Å². The number of carbonyl (C=O) groups excluding carboxylic acids is 1. The van der Waals surface area contributed by atoms with Crippen LogP contribution in [0.15, 0.2) is 61.3 Å². The van der Waals surface area contributed by atoms with Crippen molar-refractivity contribution in [3.63, 3.8) is 0 Å². The molecule has 2 amide bonds. The molecule has 0 bridgehead atoms. The van der Waals surface area contributed by atoms with E-state index in [0.717, 1.165) is 40.6 Å². The third-order valence-electron chi connectivity index (χ3n) is 6.63. The predicted molar refractivity (Wildman–Crippen MR) is 141 cm³/mol. The van der Waals surface area contributed by atoms with Gasteiger partial charge in [0, 0.05) is 74.0 Å². The van der Waals surface area contributed by atoms with Crippen molar-refractivity contribution in [3.05, 3.63) is 71.4 Å². The van der Waals surface area contributed by atoms with Gasteiger partial charge in [0.2, 0.25) is 0 Å². The van der Waals surface area contributed by atoms with Gasteiger partial charge in [-0.1, -0.05) is 29.3 Å². The van der Waals surface area contributed by atoms with Gasteiger partial charge in [0.1, 0.15) is 5.65 Å². The molecule has 36 heavy (non-hydrogen) atoms. The van der Waals surface area contributed by atoms with Crippen molar-refractivity contribution >= 4 is 45.8 Å². The molecule has 1 fully saturated rings. The van der Waals surface area contributed by atoms with Gasteiger partial charge in [0.05, 0.1) is 33.5 Å². The molecule has 1 unspecified atom stereocenters. The minimum Gasteiger partial charge on any atom is -0.331 e. The third-order valence-corrected chi connectivity index (χ3v) is 7.26. The molecule has 1 saturated heterocycles. The second-order valence-corrected chi connectivity index (χ2v) is 10.0. The summed E-state index contributed by atoms with van der Waals surface area (Å²) in [6, 6.07) is 9.66. The Morgan fingerprint density at radius 2 is 1.89 bits per heavy atom. The summed E-state index contributed by atoms with van der Waals surface area (Å²) in [6.45, 7) is 1.38. The van der Waals surface area contributed by atoms with Gasteiger partial charge in [0.15, 0.2) is 0 Å². The van der Waals surface area contributed by atoms with Crippen LogP contribution in [0.1, 0.15) is 12.5 Å². The van der Waals surface area contributed by atoms with E-state index in [1.165, 1.54) is 0 Å². The summed E-state index contributed by atoms with van der Waals surface area (Å²) in [4.78, 5) is 25.3. The van der Waals surface area contributed by atoms with Crippen LogP contribution in [0.3, 0.4) is 0 Å². The highest BCUT2D eigenvalue weighted by Gasteiger charge is 2.28. The van der Waals surface area contributed by atoms with Gasteiger partial charge >= 0.3 is 6.03 Å². The summed E-state index contributed by atoms with van der Waals surface area (Å²) in [5.41, 5.74) is 4.94. The highest BCUT2D eigenvalue weighted by molar-refractivity contribution is 6.39. The van der Waals surface area contributed by atoms with Gasteiger partial charge in [0.25, 0.3) is 0 Å². The van der Waals surface area contributed by atoms with Gasteiger partial charge in [-0.15, -0.1) is 0 Å². The number of likely N-dealkylation sites (tertiary alicyclic amines) is 1. The first-order valence-corrected chi connectivity index (χ1v) is 12.4. The second kappa shape index (κ2) is 8.80. The molecule has 1 atom stereocenters. The standard InChI is InChI=1S/C26H23Cl2N7O/c1-32(2)26(36)34-8-6-18(14-34)35-13-17(12-30-35)16-10-19-22(29-11-16)7-9-33-15-23(31-25(19)33)24-20(27)4-3-5-21(24)28/h3-5,7,9-13,15,18H,6,8,14H2,1-2H3. The zero-order valence-electron chi connectivity index (χ0n) is 19.8. The average Bonchev–Trinajstić information content (AvgIpc) is 3.62. The number of hydrogen-bond acceptors (Lipinski definition) is 4. The SMILES string of the molecule is CN(C)C(=O)N1CCC(n2cc(-c3cnc4ccn5cc(-c6c(Cl)cccc6Cl)nc5c4c3)cn2)C1. The Kier molecular flexibility index (Phi) is 5.58. The minimum absolute atomic E-state index is 0.0322. The lowest BCUT2D eigenvalue weighted by Crippen LogP contribution is -2.37. The number of pyridine rings is 2. The fraction of sp³-hybridized carbons (Fsp3) is 0.231. The first-order valence-electron chi connectivity index (χ1n) is 11.6. The molecule has 5 heterocycles.